The summed E-state index contributed by atoms with van der Waals surface area (Å²) in [6.07, 6.45) is 4.14. The van der Waals surface area contributed by atoms with Crippen LogP contribution in [0, 0.1) is 0 Å². The Morgan fingerprint density at radius 3 is 2.38 bits per heavy atom. The van der Waals surface area contributed by atoms with Crippen LogP contribution in [0.1, 0.15) is 12.8 Å². The van der Waals surface area contributed by atoms with Gasteiger partial charge in [-0.1, -0.05) is 23.7 Å². The van der Waals surface area contributed by atoms with Gasteiger partial charge in [0.2, 0.25) is 15.9 Å². The minimum Gasteiger partial charge on any atom is -0.371 e. The molecule has 4 heterocycles. The maximum Gasteiger partial charge on any atom is 0.243 e. The molecule has 0 radical (unpaired) electrons. The van der Waals surface area contributed by atoms with Gasteiger partial charge in [-0.25, -0.2) is 16.8 Å². The molecule has 0 bridgehead atoms. The molecule has 3 aliphatic rings. The summed E-state index contributed by atoms with van der Waals surface area (Å²) in [5, 5.41) is 0.821. The van der Waals surface area contributed by atoms with E-state index >= 15 is 0 Å². The van der Waals surface area contributed by atoms with E-state index in [1.165, 1.54) is 17.0 Å². The molecule has 3 fully saturated rings. The van der Waals surface area contributed by atoms with Crippen molar-refractivity contribution < 1.29 is 21.6 Å². The molecule has 1 aromatic heterocycles. The Morgan fingerprint density at radius 1 is 0.973 bits per heavy atom. The van der Waals surface area contributed by atoms with E-state index < -0.39 is 35.9 Å². The molecule has 2 aromatic carbocycles. The minimum atomic E-state index is -4.10. The molecule has 1 spiro atoms. The lowest BCUT2D eigenvalue weighted by Crippen LogP contribution is -2.56. The Hall–Kier alpha value is -2.73. The van der Waals surface area contributed by atoms with Crippen molar-refractivity contribution >= 4 is 53.8 Å². The molecule has 0 N–H and O–H groups in total. The van der Waals surface area contributed by atoms with E-state index in [2.05, 4.69) is 9.88 Å². The van der Waals surface area contributed by atoms with E-state index in [-0.39, 0.29) is 24.5 Å². The van der Waals surface area contributed by atoms with Crippen LogP contribution in [0.4, 0.5) is 5.69 Å². The first-order chi connectivity index (χ1) is 17.6. The Kier molecular flexibility index (Phi) is 5.75. The van der Waals surface area contributed by atoms with Gasteiger partial charge in [0.05, 0.1) is 16.2 Å². The van der Waals surface area contributed by atoms with Crippen molar-refractivity contribution in [2.75, 3.05) is 37.6 Å². The third-order valence-electron chi connectivity index (χ3n) is 7.87. The van der Waals surface area contributed by atoms with E-state index in [4.69, 9.17) is 11.6 Å². The van der Waals surface area contributed by atoms with Crippen LogP contribution in [0.2, 0.25) is 5.02 Å². The monoisotopic (exact) mass is 560 g/mol. The van der Waals surface area contributed by atoms with Crippen molar-refractivity contribution in [3.63, 3.8) is 0 Å². The van der Waals surface area contributed by atoms with Crippen molar-refractivity contribution in [2.45, 2.75) is 27.9 Å². The summed E-state index contributed by atoms with van der Waals surface area (Å²) >= 11 is 6.03. The summed E-state index contributed by atoms with van der Waals surface area (Å²) in [6.45, 7) is 0.507. The number of aromatic nitrogens is 1. The van der Waals surface area contributed by atoms with Crippen molar-refractivity contribution in [1.82, 2.24) is 14.2 Å². The highest BCUT2D eigenvalue weighted by atomic mass is 35.5. The molecule has 0 saturated carbocycles. The Morgan fingerprint density at radius 2 is 1.65 bits per heavy atom. The van der Waals surface area contributed by atoms with E-state index in [0.29, 0.717) is 36.3 Å². The lowest BCUT2D eigenvalue weighted by atomic mass is 9.94. The molecule has 9 nitrogen and oxygen atoms in total. The SMILES string of the molecule is O=C1CN(S(=O)(=O)c2ccc3cc(Cl)ccc3c2)CC2N1CC1(CCN(c3ccncc3)CC1)S2(=O)=O. The largest absolute Gasteiger partial charge is 0.371 e. The van der Waals surface area contributed by atoms with Crippen molar-refractivity contribution in [3.8, 4) is 0 Å². The van der Waals surface area contributed by atoms with Crippen LogP contribution in [0.15, 0.2) is 65.8 Å². The van der Waals surface area contributed by atoms with E-state index in [0.717, 1.165) is 15.4 Å². The topological polar surface area (TPSA) is 108 Å². The van der Waals surface area contributed by atoms with Crippen LogP contribution in [0.25, 0.3) is 10.8 Å². The first-order valence-electron chi connectivity index (χ1n) is 12.0. The molecular weight excluding hydrogens is 536 g/mol. The summed E-state index contributed by atoms with van der Waals surface area (Å²) in [5.41, 5.74) is 0.976. The molecule has 0 aliphatic carbocycles. The molecule has 1 unspecified atom stereocenters. The van der Waals surface area contributed by atoms with Gasteiger partial charge in [-0.05, 0) is 60.0 Å². The number of piperidine rings is 1. The number of halogens is 1. The second-order valence-electron chi connectivity index (χ2n) is 9.85. The second-order valence-corrected chi connectivity index (χ2v) is 14.7. The predicted octanol–water partition coefficient (Wildman–Crippen LogP) is 2.51. The second kappa shape index (κ2) is 8.65. The van der Waals surface area contributed by atoms with Crippen LogP contribution in [0.5, 0.6) is 0 Å². The molecule has 3 aliphatic heterocycles. The number of carbonyl (C=O) groups is 1. The fourth-order valence-corrected chi connectivity index (χ4v) is 10.00. The molecule has 37 heavy (non-hydrogen) atoms. The first-order valence-corrected chi connectivity index (χ1v) is 15.3. The van der Waals surface area contributed by atoms with Gasteiger partial charge in [0.25, 0.3) is 0 Å². The highest BCUT2D eigenvalue weighted by Gasteiger charge is 2.61. The number of sulfonamides is 1. The average Bonchev–Trinajstić information content (AvgIpc) is 3.11. The van der Waals surface area contributed by atoms with Gasteiger partial charge in [-0.2, -0.15) is 4.31 Å². The quantitative estimate of drug-likeness (QED) is 0.484. The Labute approximate surface area is 220 Å². The smallest absolute Gasteiger partial charge is 0.243 e. The fourth-order valence-electron chi connectivity index (χ4n) is 5.74. The summed E-state index contributed by atoms with van der Waals surface area (Å²) in [7, 11) is -7.92. The van der Waals surface area contributed by atoms with E-state index in [1.807, 2.05) is 12.1 Å². The molecule has 12 heteroatoms. The van der Waals surface area contributed by atoms with Gasteiger partial charge in [0.1, 0.15) is 5.37 Å². The van der Waals surface area contributed by atoms with E-state index in [1.54, 1.807) is 36.7 Å². The van der Waals surface area contributed by atoms with Gasteiger partial charge in [-0.3, -0.25) is 9.78 Å². The number of carbonyl (C=O) groups excluding carboxylic acids is 1. The number of rotatable bonds is 3. The third kappa shape index (κ3) is 3.91. The number of fused-ring (bicyclic) bond motifs is 2. The standard InChI is InChI=1S/C25H25ClN4O5S2/c26-20-3-1-19-14-22(4-2-18(19)13-20)37(34,35)29-15-23(31)30-17-25(36(32,33)24(30)16-29)7-11-28(12-8-25)21-5-9-27-10-6-21/h1-6,9-10,13-14,24H,7-8,11-12,15-17H2. The molecule has 3 aromatic rings. The zero-order valence-electron chi connectivity index (χ0n) is 19.8. The fraction of sp³-hybridized carbons (Fsp3) is 0.360. The zero-order chi connectivity index (χ0) is 26.0. The summed E-state index contributed by atoms with van der Waals surface area (Å²) < 4.78 is 54.7. The van der Waals surface area contributed by atoms with Gasteiger partial charge in [0, 0.05) is 49.3 Å². The first kappa shape index (κ1) is 24.6. The van der Waals surface area contributed by atoms with E-state index in [9.17, 15) is 21.6 Å². The predicted molar refractivity (Wildman–Crippen MR) is 141 cm³/mol. The van der Waals surface area contributed by atoms with Crippen molar-refractivity contribution in [1.29, 1.82) is 0 Å². The van der Waals surface area contributed by atoms with Gasteiger partial charge < -0.3 is 9.80 Å². The molecule has 1 atom stereocenters. The van der Waals surface area contributed by atoms with Crippen LogP contribution >= 0.6 is 11.6 Å². The maximum atomic E-state index is 13.9. The number of hydrogen-bond acceptors (Lipinski definition) is 7. The number of pyridine rings is 1. The normalized spacial score (nSPS) is 23.5. The van der Waals surface area contributed by atoms with Crippen LogP contribution in [-0.4, -0.2) is 79.8 Å². The molecule has 6 rings (SSSR count). The van der Waals surface area contributed by atoms with Crippen LogP contribution < -0.4 is 4.90 Å². The van der Waals surface area contributed by atoms with Gasteiger partial charge in [-0.15, -0.1) is 0 Å². The molecule has 3 saturated heterocycles. The van der Waals surface area contributed by atoms with Crippen LogP contribution in [0.3, 0.4) is 0 Å². The lowest BCUT2D eigenvalue weighted by Gasteiger charge is -2.39. The Balaban J connectivity index is 1.26. The van der Waals surface area contributed by atoms with Gasteiger partial charge in [0.15, 0.2) is 9.84 Å². The summed E-state index contributed by atoms with van der Waals surface area (Å²) in [5.74, 6) is -0.482. The van der Waals surface area contributed by atoms with Crippen molar-refractivity contribution in [3.05, 3.63) is 65.9 Å². The molecule has 194 valence electrons. The maximum absolute atomic E-state index is 13.9. The minimum absolute atomic E-state index is 0.0133. The summed E-state index contributed by atoms with van der Waals surface area (Å²) in [4.78, 5) is 20.7. The number of amides is 1. The average molecular weight is 561 g/mol. The highest BCUT2D eigenvalue weighted by Crippen LogP contribution is 2.43. The number of benzene rings is 2. The number of piperazine rings is 1. The van der Waals surface area contributed by atoms with Gasteiger partial charge >= 0.3 is 0 Å². The molecular formula is C25H25ClN4O5S2. The number of sulfone groups is 1. The summed E-state index contributed by atoms with van der Waals surface area (Å²) in [6, 6.07) is 13.6. The number of anilines is 1. The highest BCUT2D eigenvalue weighted by molar-refractivity contribution is 7.94. The molecule has 1 amide bonds. The zero-order valence-corrected chi connectivity index (χ0v) is 22.2. The number of nitrogens with zero attached hydrogens (tertiary/aromatic N) is 4. The third-order valence-corrected chi connectivity index (χ3v) is 12.8. The van der Waals surface area contributed by atoms with Crippen molar-refractivity contribution in [2.24, 2.45) is 0 Å². The Bertz CT molecular complexity index is 1610. The van der Waals surface area contributed by atoms with Crippen LogP contribution in [-0.2, 0) is 24.7 Å². The lowest BCUT2D eigenvalue weighted by molar-refractivity contribution is -0.134. The number of hydrogen-bond donors (Lipinski definition) is 0.